The summed E-state index contributed by atoms with van der Waals surface area (Å²) < 4.78 is 12.8. The minimum atomic E-state index is -0.459. The molecule has 1 heterocycles. The lowest BCUT2D eigenvalue weighted by atomic mass is 10.1. The Labute approximate surface area is 216 Å². The van der Waals surface area contributed by atoms with Crippen LogP contribution in [0.3, 0.4) is 0 Å². The van der Waals surface area contributed by atoms with Crippen molar-refractivity contribution in [2.24, 2.45) is 5.92 Å². The van der Waals surface area contributed by atoms with E-state index in [9.17, 15) is 14.9 Å². The number of benzene rings is 2. The van der Waals surface area contributed by atoms with Gasteiger partial charge in [-0.25, -0.2) is 4.68 Å². The normalized spacial score (nSPS) is 11.1. The Balaban J connectivity index is 1.49. The number of non-ortho nitro benzene ring substituents is 1. The van der Waals surface area contributed by atoms with Gasteiger partial charge >= 0.3 is 0 Å². The zero-order chi connectivity index (χ0) is 26.6. The molecule has 37 heavy (non-hydrogen) atoms. The molecular weight excluding hydrogens is 474 g/mol. The fourth-order valence-corrected chi connectivity index (χ4v) is 3.54. The van der Waals surface area contributed by atoms with Crippen LogP contribution >= 0.6 is 0 Å². The van der Waals surface area contributed by atoms with Crippen LogP contribution in [0.2, 0.25) is 0 Å². The topological polar surface area (TPSA) is 121 Å². The molecule has 0 spiro atoms. The molecule has 0 aliphatic rings. The summed E-state index contributed by atoms with van der Waals surface area (Å²) in [6, 6.07) is 11.6. The van der Waals surface area contributed by atoms with Gasteiger partial charge in [-0.05, 0) is 48.9 Å². The van der Waals surface area contributed by atoms with Crippen LogP contribution in [-0.4, -0.2) is 32.9 Å². The van der Waals surface area contributed by atoms with Crippen molar-refractivity contribution in [3.8, 4) is 17.2 Å². The first-order chi connectivity index (χ1) is 17.9. The highest BCUT2D eigenvalue weighted by molar-refractivity contribution is 5.75. The predicted molar refractivity (Wildman–Crippen MR) is 140 cm³/mol. The molecule has 1 amide bonds. The highest BCUT2D eigenvalue weighted by Crippen LogP contribution is 2.29. The number of nitro benzene ring substituents is 1. The minimum Gasteiger partial charge on any atom is -0.493 e. The van der Waals surface area contributed by atoms with Gasteiger partial charge in [0.15, 0.2) is 11.5 Å². The molecule has 10 heteroatoms. The van der Waals surface area contributed by atoms with Gasteiger partial charge in [0.05, 0.1) is 23.9 Å². The molecule has 0 unspecified atom stereocenters. The number of rotatable bonds is 14. The first-order valence-electron chi connectivity index (χ1n) is 12.2. The number of carbonyl (C=O) groups is 1. The zero-order valence-corrected chi connectivity index (χ0v) is 21.4. The molecule has 0 saturated heterocycles. The Hall–Kier alpha value is -4.21. The number of nitrogens with one attached hydrogen (secondary N) is 1. The first kappa shape index (κ1) is 27.4. The van der Waals surface area contributed by atoms with Gasteiger partial charge in [0.2, 0.25) is 5.91 Å². The maximum atomic E-state index is 12.2. The van der Waals surface area contributed by atoms with E-state index in [2.05, 4.69) is 41.6 Å². The molecule has 196 valence electrons. The van der Waals surface area contributed by atoms with E-state index in [0.29, 0.717) is 41.8 Å². The molecule has 0 saturated carbocycles. The number of amides is 1. The van der Waals surface area contributed by atoms with Crippen LogP contribution < -0.4 is 14.8 Å². The molecule has 2 aromatic carbocycles. The van der Waals surface area contributed by atoms with Crippen molar-refractivity contribution in [1.82, 2.24) is 20.3 Å². The van der Waals surface area contributed by atoms with Crippen molar-refractivity contribution in [1.29, 1.82) is 0 Å². The number of nitrogens with zero attached hydrogens (tertiary/aromatic N) is 4. The van der Waals surface area contributed by atoms with Gasteiger partial charge < -0.3 is 14.8 Å². The fraction of sp³-hybridized carbons (Fsp3) is 0.370. The molecule has 1 aromatic heterocycles. The second-order valence-corrected chi connectivity index (χ2v) is 8.90. The van der Waals surface area contributed by atoms with Crippen molar-refractivity contribution in [2.45, 2.75) is 52.7 Å². The van der Waals surface area contributed by atoms with Crippen molar-refractivity contribution >= 4 is 11.6 Å². The van der Waals surface area contributed by atoms with E-state index in [4.69, 9.17) is 9.47 Å². The quantitative estimate of drug-likeness (QED) is 0.139. The number of allylic oxidation sites excluding steroid dienone is 2. The molecule has 0 fully saturated rings. The average molecular weight is 508 g/mol. The highest BCUT2D eigenvalue weighted by Gasteiger charge is 2.11. The van der Waals surface area contributed by atoms with Crippen molar-refractivity contribution < 1.29 is 19.2 Å². The summed E-state index contributed by atoms with van der Waals surface area (Å²) in [5, 5.41) is 22.1. The van der Waals surface area contributed by atoms with Crippen LogP contribution in [0.25, 0.3) is 5.69 Å². The van der Waals surface area contributed by atoms with Gasteiger partial charge in [-0.3, -0.25) is 14.9 Å². The number of unbranched alkanes of at least 4 members (excludes halogenated alkanes) is 2. The molecule has 0 radical (unpaired) electrons. The van der Waals surface area contributed by atoms with Crippen LogP contribution in [0.4, 0.5) is 5.69 Å². The van der Waals surface area contributed by atoms with Gasteiger partial charge in [0.25, 0.3) is 5.69 Å². The van der Waals surface area contributed by atoms with Gasteiger partial charge in [-0.2, -0.15) is 0 Å². The van der Waals surface area contributed by atoms with Gasteiger partial charge in [0.1, 0.15) is 12.3 Å². The van der Waals surface area contributed by atoms with Crippen LogP contribution in [0.15, 0.2) is 60.8 Å². The maximum Gasteiger partial charge on any atom is 0.271 e. The minimum absolute atomic E-state index is 0.0265. The van der Waals surface area contributed by atoms with E-state index in [1.807, 2.05) is 12.1 Å². The van der Waals surface area contributed by atoms with Crippen LogP contribution in [0.1, 0.15) is 50.8 Å². The Kier molecular flexibility index (Phi) is 10.2. The molecule has 0 aliphatic heterocycles. The van der Waals surface area contributed by atoms with E-state index in [-0.39, 0.29) is 18.2 Å². The number of hydrogen-bond donors (Lipinski definition) is 1. The standard InChI is InChI=1S/C27H33N5O5/c1-20(2)9-6-4-5-7-12-27(33)28-17-21-13-14-25(26(15-21)36-3)37-19-22-18-31(30-29-22)23-10-8-11-24(16-23)32(34)35/h6,8-11,13-16,18,20H,4-5,7,12,17,19H2,1-3H3,(H,28,33)/b9-6+. The Morgan fingerprint density at radius 1 is 1.19 bits per heavy atom. The zero-order valence-electron chi connectivity index (χ0n) is 21.4. The van der Waals surface area contributed by atoms with Crippen molar-refractivity contribution in [3.63, 3.8) is 0 Å². The summed E-state index contributed by atoms with van der Waals surface area (Å²) >= 11 is 0. The molecule has 0 bridgehead atoms. The number of carbonyl (C=O) groups excluding carboxylic acids is 1. The SMILES string of the molecule is COc1cc(CNC(=O)CCCC/C=C/C(C)C)ccc1OCc1cn(-c2cccc([N+](=O)[O-])c2)nn1. The molecule has 10 nitrogen and oxygen atoms in total. The number of hydrogen-bond acceptors (Lipinski definition) is 7. The average Bonchev–Trinajstić information content (AvgIpc) is 3.37. The number of methoxy groups -OCH3 is 1. The van der Waals surface area contributed by atoms with E-state index >= 15 is 0 Å². The van der Waals surface area contributed by atoms with Crippen molar-refractivity contribution in [3.05, 3.63) is 82.2 Å². The lowest BCUT2D eigenvalue weighted by molar-refractivity contribution is -0.384. The summed E-state index contributed by atoms with van der Waals surface area (Å²) in [6.45, 7) is 4.83. The summed E-state index contributed by atoms with van der Waals surface area (Å²) in [6.07, 6.45) is 9.37. The molecule has 0 atom stereocenters. The Bertz CT molecular complexity index is 1220. The van der Waals surface area contributed by atoms with Crippen LogP contribution in [-0.2, 0) is 17.9 Å². The van der Waals surface area contributed by atoms with Gasteiger partial charge in [-0.1, -0.05) is 43.3 Å². The van der Waals surface area contributed by atoms with Crippen LogP contribution in [0.5, 0.6) is 11.5 Å². The van der Waals surface area contributed by atoms with E-state index in [1.54, 1.807) is 31.5 Å². The third-order valence-electron chi connectivity index (χ3n) is 5.48. The second-order valence-electron chi connectivity index (χ2n) is 8.90. The Morgan fingerprint density at radius 3 is 2.78 bits per heavy atom. The first-order valence-corrected chi connectivity index (χ1v) is 12.2. The smallest absolute Gasteiger partial charge is 0.271 e. The summed E-state index contributed by atoms with van der Waals surface area (Å²) in [4.78, 5) is 22.7. The Morgan fingerprint density at radius 2 is 2.03 bits per heavy atom. The van der Waals surface area contributed by atoms with E-state index < -0.39 is 4.92 Å². The van der Waals surface area contributed by atoms with Gasteiger partial charge in [0, 0.05) is 25.1 Å². The van der Waals surface area contributed by atoms with Gasteiger partial charge in [-0.15, -0.1) is 5.10 Å². The van der Waals surface area contributed by atoms with Crippen LogP contribution in [0, 0.1) is 16.0 Å². The largest absolute Gasteiger partial charge is 0.493 e. The monoisotopic (exact) mass is 507 g/mol. The van der Waals surface area contributed by atoms with E-state index in [0.717, 1.165) is 24.8 Å². The van der Waals surface area contributed by atoms with E-state index in [1.165, 1.54) is 16.8 Å². The third kappa shape index (κ3) is 8.75. The summed E-state index contributed by atoms with van der Waals surface area (Å²) in [7, 11) is 1.55. The number of nitro groups is 1. The second kappa shape index (κ2) is 13.8. The summed E-state index contributed by atoms with van der Waals surface area (Å²) in [5.74, 6) is 1.64. The predicted octanol–water partition coefficient (Wildman–Crippen LogP) is 5.15. The third-order valence-corrected chi connectivity index (χ3v) is 5.48. The molecule has 3 aromatic rings. The molecule has 0 aliphatic carbocycles. The number of ether oxygens (including phenoxy) is 2. The maximum absolute atomic E-state index is 12.2. The number of aromatic nitrogens is 3. The summed E-state index contributed by atoms with van der Waals surface area (Å²) in [5.41, 5.74) is 1.94. The lowest BCUT2D eigenvalue weighted by Crippen LogP contribution is -2.22. The highest BCUT2D eigenvalue weighted by atomic mass is 16.6. The molecule has 1 N–H and O–H groups in total. The lowest BCUT2D eigenvalue weighted by Gasteiger charge is -2.12. The van der Waals surface area contributed by atoms with Crippen molar-refractivity contribution in [2.75, 3.05) is 7.11 Å². The molecule has 3 rings (SSSR count). The molecular formula is C27H33N5O5. The fourth-order valence-electron chi connectivity index (χ4n) is 3.54.